The molecule has 0 bridgehead atoms. The fourth-order valence-electron chi connectivity index (χ4n) is 2.44. The van der Waals surface area contributed by atoms with Crippen LogP contribution in [-0.2, 0) is 16.2 Å². The first-order valence-electron chi connectivity index (χ1n) is 6.43. The second-order valence-electron chi connectivity index (χ2n) is 4.90. The molecule has 0 heterocycles. The molecule has 2 rings (SSSR count). The smallest absolute Gasteiger partial charge is 0.251 e. The summed E-state index contributed by atoms with van der Waals surface area (Å²) in [5.41, 5.74) is 8.91. The van der Waals surface area contributed by atoms with Crippen molar-refractivity contribution >= 4 is 5.91 Å². The van der Waals surface area contributed by atoms with E-state index in [1.54, 1.807) is 0 Å². The fraction of sp³-hybridized carbons (Fsp3) is 0.500. The molecule has 0 spiro atoms. The average Bonchev–Trinajstić information content (AvgIpc) is 2.90. The van der Waals surface area contributed by atoms with Gasteiger partial charge in [0.1, 0.15) is 0 Å². The summed E-state index contributed by atoms with van der Waals surface area (Å²) < 4.78 is 0. The molecule has 0 atom stereocenters. The Kier molecular flexibility index (Phi) is 4.33. The summed E-state index contributed by atoms with van der Waals surface area (Å²) in [7, 11) is 0. The van der Waals surface area contributed by atoms with Gasteiger partial charge in [-0.2, -0.15) is 0 Å². The summed E-state index contributed by atoms with van der Waals surface area (Å²) in [5.74, 6) is -0.0709. The van der Waals surface area contributed by atoms with Gasteiger partial charge >= 0.3 is 0 Å². The molecule has 1 saturated carbocycles. The number of benzene rings is 1. The zero-order chi connectivity index (χ0) is 12.8. The summed E-state index contributed by atoms with van der Waals surface area (Å²) in [6.07, 6.45) is 3.88. The molecular weight excluding hydrogens is 228 g/mol. The van der Waals surface area contributed by atoms with Crippen molar-refractivity contribution in [3.05, 3.63) is 35.9 Å². The Hall–Kier alpha value is -1.39. The van der Waals surface area contributed by atoms with Crippen LogP contribution in [0.5, 0.6) is 0 Å². The van der Waals surface area contributed by atoms with Crippen molar-refractivity contribution in [2.45, 2.75) is 32.3 Å². The molecule has 1 aliphatic rings. The Morgan fingerprint density at radius 3 is 2.56 bits per heavy atom. The van der Waals surface area contributed by atoms with Gasteiger partial charge in [-0.15, -0.1) is 0 Å². The van der Waals surface area contributed by atoms with E-state index in [1.165, 1.54) is 0 Å². The normalized spacial score (nSPS) is 17.6. The quantitative estimate of drug-likeness (QED) is 0.780. The largest absolute Gasteiger partial charge is 0.329 e. The highest BCUT2D eigenvalue weighted by Gasteiger charge is 2.39. The van der Waals surface area contributed by atoms with Gasteiger partial charge in [0.25, 0.3) is 5.91 Å². The standard InChI is InChI=1S/C14H20N2O2/c15-11-14(8-4-5-9-14)13(17)16-18-10-12-6-2-1-3-7-12/h1-3,6-7H,4-5,8-11,15H2,(H,16,17). The summed E-state index contributed by atoms with van der Waals surface area (Å²) in [6, 6.07) is 9.75. The third-order valence-corrected chi connectivity index (χ3v) is 3.68. The summed E-state index contributed by atoms with van der Waals surface area (Å²) in [4.78, 5) is 17.3. The molecule has 1 aliphatic carbocycles. The first kappa shape index (κ1) is 13.1. The summed E-state index contributed by atoms with van der Waals surface area (Å²) >= 11 is 0. The average molecular weight is 248 g/mol. The Bertz CT molecular complexity index is 386. The van der Waals surface area contributed by atoms with Crippen LogP contribution in [0.3, 0.4) is 0 Å². The van der Waals surface area contributed by atoms with E-state index in [-0.39, 0.29) is 5.91 Å². The third-order valence-electron chi connectivity index (χ3n) is 3.68. The van der Waals surface area contributed by atoms with E-state index in [4.69, 9.17) is 10.6 Å². The Labute approximate surface area is 107 Å². The van der Waals surface area contributed by atoms with Crippen LogP contribution in [-0.4, -0.2) is 12.5 Å². The van der Waals surface area contributed by atoms with Crippen LogP contribution in [0.25, 0.3) is 0 Å². The number of rotatable bonds is 5. The Morgan fingerprint density at radius 1 is 1.28 bits per heavy atom. The number of carbonyl (C=O) groups excluding carboxylic acids is 1. The molecule has 18 heavy (non-hydrogen) atoms. The molecule has 3 N–H and O–H groups in total. The number of nitrogens with two attached hydrogens (primary N) is 1. The minimum Gasteiger partial charge on any atom is -0.329 e. The molecule has 4 heteroatoms. The number of hydroxylamine groups is 1. The van der Waals surface area contributed by atoms with Crippen LogP contribution < -0.4 is 11.2 Å². The molecule has 98 valence electrons. The Balaban J connectivity index is 1.81. The van der Waals surface area contributed by atoms with Crippen LogP contribution in [0.15, 0.2) is 30.3 Å². The molecule has 1 aromatic rings. The van der Waals surface area contributed by atoms with Gasteiger partial charge in [-0.3, -0.25) is 9.63 Å². The Morgan fingerprint density at radius 2 is 1.94 bits per heavy atom. The lowest BCUT2D eigenvalue weighted by Crippen LogP contribution is -2.44. The number of hydrogen-bond acceptors (Lipinski definition) is 3. The van der Waals surface area contributed by atoms with Crippen LogP contribution >= 0.6 is 0 Å². The van der Waals surface area contributed by atoms with E-state index in [1.807, 2.05) is 30.3 Å². The maximum absolute atomic E-state index is 12.1. The third kappa shape index (κ3) is 2.89. The van der Waals surface area contributed by atoms with E-state index in [0.717, 1.165) is 31.2 Å². The number of amides is 1. The van der Waals surface area contributed by atoms with Gasteiger partial charge in [-0.1, -0.05) is 43.2 Å². The molecular formula is C14H20N2O2. The number of hydrogen-bond donors (Lipinski definition) is 2. The fourth-order valence-corrected chi connectivity index (χ4v) is 2.44. The monoisotopic (exact) mass is 248 g/mol. The topological polar surface area (TPSA) is 64.4 Å². The predicted octanol–water partition coefficient (Wildman–Crippen LogP) is 1.75. The van der Waals surface area contributed by atoms with Crippen LogP contribution in [0, 0.1) is 5.41 Å². The SMILES string of the molecule is NCC1(C(=O)NOCc2ccccc2)CCCC1. The molecule has 1 aromatic carbocycles. The molecule has 0 saturated heterocycles. The molecule has 0 radical (unpaired) electrons. The van der Waals surface area contributed by atoms with Crippen LogP contribution in [0.4, 0.5) is 0 Å². The molecule has 0 unspecified atom stereocenters. The predicted molar refractivity (Wildman–Crippen MR) is 69.3 cm³/mol. The maximum atomic E-state index is 12.1. The van der Waals surface area contributed by atoms with E-state index >= 15 is 0 Å². The van der Waals surface area contributed by atoms with Gasteiger partial charge in [0.15, 0.2) is 0 Å². The second kappa shape index (κ2) is 5.98. The van der Waals surface area contributed by atoms with E-state index in [2.05, 4.69) is 5.48 Å². The van der Waals surface area contributed by atoms with Crippen LogP contribution in [0.1, 0.15) is 31.2 Å². The van der Waals surface area contributed by atoms with Gasteiger partial charge in [0, 0.05) is 6.54 Å². The molecule has 0 aliphatic heterocycles. The molecule has 0 aromatic heterocycles. The lowest BCUT2D eigenvalue weighted by molar-refractivity contribution is -0.144. The van der Waals surface area contributed by atoms with E-state index < -0.39 is 5.41 Å². The van der Waals surface area contributed by atoms with Gasteiger partial charge in [0.05, 0.1) is 12.0 Å². The van der Waals surface area contributed by atoms with Gasteiger partial charge in [0.2, 0.25) is 0 Å². The minimum absolute atomic E-state index is 0.0709. The maximum Gasteiger partial charge on any atom is 0.251 e. The highest BCUT2D eigenvalue weighted by molar-refractivity contribution is 5.82. The summed E-state index contributed by atoms with van der Waals surface area (Å²) in [6.45, 7) is 0.779. The van der Waals surface area contributed by atoms with Crippen molar-refractivity contribution in [2.75, 3.05) is 6.54 Å². The molecule has 1 amide bonds. The van der Waals surface area contributed by atoms with Crippen molar-refractivity contribution in [3.63, 3.8) is 0 Å². The van der Waals surface area contributed by atoms with Gasteiger partial charge in [-0.05, 0) is 18.4 Å². The highest BCUT2D eigenvalue weighted by Crippen LogP contribution is 2.37. The first-order chi connectivity index (χ1) is 8.77. The zero-order valence-electron chi connectivity index (χ0n) is 10.5. The van der Waals surface area contributed by atoms with Crippen molar-refractivity contribution in [3.8, 4) is 0 Å². The first-order valence-corrected chi connectivity index (χ1v) is 6.43. The number of nitrogens with one attached hydrogen (secondary N) is 1. The van der Waals surface area contributed by atoms with Crippen molar-refractivity contribution in [2.24, 2.45) is 11.1 Å². The molecule has 1 fully saturated rings. The summed E-state index contributed by atoms with van der Waals surface area (Å²) in [5, 5.41) is 0. The van der Waals surface area contributed by atoms with Gasteiger partial charge < -0.3 is 5.73 Å². The highest BCUT2D eigenvalue weighted by atomic mass is 16.6. The van der Waals surface area contributed by atoms with Gasteiger partial charge in [-0.25, -0.2) is 5.48 Å². The molecule has 4 nitrogen and oxygen atoms in total. The van der Waals surface area contributed by atoms with E-state index in [9.17, 15) is 4.79 Å². The second-order valence-corrected chi connectivity index (χ2v) is 4.90. The van der Waals surface area contributed by atoms with Crippen LogP contribution in [0.2, 0.25) is 0 Å². The number of carbonyl (C=O) groups is 1. The van der Waals surface area contributed by atoms with E-state index in [0.29, 0.717) is 13.2 Å². The van der Waals surface area contributed by atoms with Crippen molar-refractivity contribution in [1.82, 2.24) is 5.48 Å². The lowest BCUT2D eigenvalue weighted by Gasteiger charge is -2.25. The van der Waals surface area contributed by atoms with Crippen molar-refractivity contribution in [1.29, 1.82) is 0 Å². The minimum atomic E-state index is -0.406. The zero-order valence-corrected chi connectivity index (χ0v) is 10.5. The lowest BCUT2D eigenvalue weighted by atomic mass is 9.86. The van der Waals surface area contributed by atoms with Crippen molar-refractivity contribution < 1.29 is 9.63 Å².